The molecule has 1 aromatic heterocycles. The highest BCUT2D eigenvalue weighted by Crippen LogP contribution is 2.44. The zero-order valence-electron chi connectivity index (χ0n) is 19.4. The van der Waals surface area contributed by atoms with E-state index in [9.17, 15) is 14.7 Å². The Morgan fingerprint density at radius 3 is 2.19 bits per heavy atom. The molecule has 1 unspecified atom stereocenters. The van der Waals surface area contributed by atoms with Gasteiger partial charge in [0.1, 0.15) is 12.6 Å². The summed E-state index contributed by atoms with van der Waals surface area (Å²) >= 11 is 0. The van der Waals surface area contributed by atoms with Crippen molar-refractivity contribution in [1.29, 1.82) is 0 Å². The Morgan fingerprint density at radius 2 is 1.47 bits per heavy atom. The summed E-state index contributed by atoms with van der Waals surface area (Å²) in [6, 6.07) is 28.8. The van der Waals surface area contributed by atoms with Crippen molar-refractivity contribution < 1.29 is 19.4 Å². The number of H-pyrrole nitrogens is 1. The van der Waals surface area contributed by atoms with E-state index in [4.69, 9.17) is 4.74 Å². The third-order valence-electron chi connectivity index (χ3n) is 6.94. The van der Waals surface area contributed by atoms with Crippen molar-refractivity contribution in [2.24, 2.45) is 0 Å². The molecular weight excluding hydrogens is 452 g/mol. The van der Waals surface area contributed by atoms with Crippen LogP contribution >= 0.6 is 0 Å². The van der Waals surface area contributed by atoms with Crippen LogP contribution in [0.1, 0.15) is 22.6 Å². The topological polar surface area (TPSA) is 91.4 Å². The van der Waals surface area contributed by atoms with Gasteiger partial charge in [0, 0.05) is 34.1 Å². The molecular formula is C30H24N2O4. The van der Waals surface area contributed by atoms with E-state index in [1.807, 2.05) is 78.9 Å². The Morgan fingerprint density at radius 1 is 0.833 bits per heavy atom. The quantitative estimate of drug-likeness (QED) is 0.286. The lowest BCUT2D eigenvalue weighted by Gasteiger charge is -2.17. The molecule has 6 heteroatoms. The van der Waals surface area contributed by atoms with Crippen LogP contribution in [0.15, 0.2) is 91.0 Å². The first-order chi connectivity index (χ1) is 17.6. The van der Waals surface area contributed by atoms with E-state index in [2.05, 4.69) is 22.4 Å². The van der Waals surface area contributed by atoms with Crippen LogP contribution in [0.4, 0.5) is 4.79 Å². The fourth-order valence-corrected chi connectivity index (χ4v) is 5.24. The second-order valence-electron chi connectivity index (χ2n) is 9.12. The number of hydrogen-bond acceptors (Lipinski definition) is 3. The molecule has 36 heavy (non-hydrogen) atoms. The molecule has 1 aliphatic rings. The standard InChI is InChI=1S/C30H24N2O4/c33-29(34)28(16-18-13-14-27-24(15-18)23-11-5-6-12-26(23)31-27)32-30(35)36-17-25-21-9-3-1-7-19(21)20-8-2-4-10-22(20)25/h1-15,25,28,31H,16-17H2,(H,32,35)(H,33,34). The normalized spacial score (nSPS) is 13.3. The van der Waals surface area contributed by atoms with Crippen LogP contribution in [0.5, 0.6) is 0 Å². The average molecular weight is 477 g/mol. The second kappa shape index (κ2) is 8.89. The molecule has 1 heterocycles. The van der Waals surface area contributed by atoms with Gasteiger partial charge in [-0.3, -0.25) is 0 Å². The van der Waals surface area contributed by atoms with Crippen molar-refractivity contribution in [1.82, 2.24) is 10.3 Å². The number of carbonyl (C=O) groups excluding carboxylic acids is 1. The highest BCUT2D eigenvalue weighted by Gasteiger charge is 2.29. The summed E-state index contributed by atoms with van der Waals surface area (Å²) in [6.45, 7) is 0.132. The van der Waals surface area contributed by atoms with Crippen LogP contribution < -0.4 is 5.32 Å². The van der Waals surface area contributed by atoms with Gasteiger partial charge in [0.2, 0.25) is 0 Å². The number of fused-ring (bicyclic) bond motifs is 6. The number of amides is 1. The number of alkyl carbamates (subject to hydrolysis) is 1. The van der Waals surface area contributed by atoms with Gasteiger partial charge in [-0.1, -0.05) is 72.8 Å². The maximum Gasteiger partial charge on any atom is 0.407 e. The summed E-state index contributed by atoms with van der Waals surface area (Å²) in [5.41, 5.74) is 7.31. The molecule has 0 spiro atoms. The molecule has 1 atom stereocenters. The van der Waals surface area contributed by atoms with Gasteiger partial charge in [-0.2, -0.15) is 0 Å². The van der Waals surface area contributed by atoms with Gasteiger partial charge < -0.3 is 20.1 Å². The maximum absolute atomic E-state index is 12.7. The van der Waals surface area contributed by atoms with Crippen molar-refractivity contribution >= 4 is 33.9 Å². The number of carboxylic acid groups (broad SMARTS) is 1. The minimum absolute atomic E-state index is 0.0873. The predicted molar refractivity (Wildman–Crippen MR) is 139 cm³/mol. The van der Waals surface area contributed by atoms with E-state index in [1.165, 1.54) is 0 Å². The fraction of sp³-hybridized carbons (Fsp3) is 0.133. The second-order valence-corrected chi connectivity index (χ2v) is 9.12. The highest BCUT2D eigenvalue weighted by atomic mass is 16.5. The van der Waals surface area contributed by atoms with Crippen molar-refractivity contribution in [2.45, 2.75) is 18.4 Å². The molecule has 0 bridgehead atoms. The Labute approximate surface area is 207 Å². The zero-order chi connectivity index (χ0) is 24.6. The van der Waals surface area contributed by atoms with Crippen LogP contribution in [0.3, 0.4) is 0 Å². The number of para-hydroxylation sites is 1. The molecule has 4 aromatic carbocycles. The lowest BCUT2D eigenvalue weighted by Crippen LogP contribution is -2.42. The third kappa shape index (κ3) is 3.86. The van der Waals surface area contributed by atoms with Gasteiger partial charge in [-0.05, 0) is 46.0 Å². The van der Waals surface area contributed by atoms with Crippen molar-refractivity contribution in [3.8, 4) is 11.1 Å². The number of benzene rings is 4. The molecule has 1 amide bonds. The van der Waals surface area contributed by atoms with Gasteiger partial charge in [0.15, 0.2) is 0 Å². The monoisotopic (exact) mass is 476 g/mol. The van der Waals surface area contributed by atoms with Crippen molar-refractivity contribution in [3.63, 3.8) is 0 Å². The Hall–Kier alpha value is -4.58. The Balaban J connectivity index is 1.17. The van der Waals surface area contributed by atoms with E-state index >= 15 is 0 Å². The summed E-state index contributed by atoms with van der Waals surface area (Å²) in [6.07, 6.45) is -0.591. The van der Waals surface area contributed by atoms with E-state index in [1.54, 1.807) is 0 Å². The predicted octanol–water partition coefficient (Wildman–Crippen LogP) is 5.86. The summed E-state index contributed by atoms with van der Waals surface area (Å²) in [4.78, 5) is 28.0. The van der Waals surface area contributed by atoms with Crippen molar-refractivity contribution in [3.05, 3.63) is 108 Å². The molecule has 0 saturated heterocycles. The minimum Gasteiger partial charge on any atom is -0.480 e. The first-order valence-electron chi connectivity index (χ1n) is 11.9. The van der Waals surface area contributed by atoms with Gasteiger partial charge >= 0.3 is 12.1 Å². The number of aromatic nitrogens is 1. The molecule has 5 aromatic rings. The van der Waals surface area contributed by atoms with Crippen LogP contribution in [0.25, 0.3) is 32.9 Å². The van der Waals surface area contributed by atoms with Gasteiger partial charge in [-0.15, -0.1) is 0 Å². The molecule has 0 aliphatic heterocycles. The lowest BCUT2D eigenvalue weighted by molar-refractivity contribution is -0.139. The number of aromatic amines is 1. The van der Waals surface area contributed by atoms with E-state index in [-0.39, 0.29) is 18.9 Å². The van der Waals surface area contributed by atoms with Crippen LogP contribution in [-0.2, 0) is 16.0 Å². The molecule has 6 nitrogen and oxygen atoms in total. The lowest BCUT2D eigenvalue weighted by atomic mass is 9.98. The first-order valence-corrected chi connectivity index (χ1v) is 11.9. The largest absolute Gasteiger partial charge is 0.480 e. The van der Waals surface area contributed by atoms with Gasteiger partial charge in [0.25, 0.3) is 0 Å². The summed E-state index contributed by atoms with van der Waals surface area (Å²) in [7, 11) is 0. The fourth-order valence-electron chi connectivity index (χ4n) is 5.24. The van der Waals surface area contributed by atoms with E-state index in [0.29, 0.717) is 0 Å². The SMILES string of the molecule is O=C(NC(Cc1ccc2[nH]c3ccccc3c2c1)C(=O)O)OCC1c2ccccc2-c2ccccc21. The summed E-state index contributed by atoms with van der Waals surface area (Å²) < 4.78 is 5.56. The molecule has 6 rings (SSSR count). The maximum atomic E-state index is 12.7. The molecule has 178 valence electrons. The highest BCUT2D eigenvalue weighted by molar-refractivity contribution is 6.07. The smallest absolute Gasteiger partial charge is 0.407 e. The number of ether oxygens (including phenoxy) is 1. The van der Waals surface area contributed by atoms with E-state index in [0.717, 1.165) is 49.6 Å². The van der Waals surface area contributed by atoms with Crippen LogP contribution in [-0.4, -0.2) is 34.8 Å². The number of rotatable bonds is 6. The summed E-state index contributed by atoms with van der Waals surface area (Å²) in [5, 5.41) is 14.4. The molecule has 0 radical (unpaired) electrons. The van der Waals surface area contributed by atoms with Gasteiger partial charge in [-0.25, -0.2) is 9.59 Å². The average Bonchev–Trinajstić information content (AvgIpc) is 3.42. The molecule has 0 fully saturated rings. The summed E-state index contributed by atoms with van der Waals surface area (Å²) in [5.74, 6) is -1.20. The zero-order valence-corrected chi connectivity index (χ0v) is 19.4. The third-order valence-corrected chi connectivity index (χ3v) is 6.94. The Kier molecular flexibility index (Phi) is 5.41. The van der Waals surface area contributed by atoms with Crippen LogP contribution in [0.2, 0.25) is 0 Å². The number of carbonyl (C=O) groups is 2. The number of aliphatic carboxylic acids is 1. The Bertz CT molecular complexity index is 1570. The molecule has 3 N–H and O–H groups in total. The first kappa shape index (κ1) is 21.9. The molecule has 0 saturated carbocycles. The van der Waals surface area contributed by atoms with Crippen molar-refractivity contribution in [2.75, 3.05) is 6.61 Å². The van der Waals surface area contributed by atoms with Gasteiger partial charge in [0.05, 0.1) is 0 Å². The molecule has 1 aliphatic carbocycles. The number of carboxylic acids is 1. The minimum atomic E-state index is -1.11. The number of hydrogen-bond donors (Lipinski definition) is 3. The number of nitrogens with one attached hydrogen (secondary N) is 2. The van der Waals surface area contributed by atoms with Crippen LogP contribution in [0, 0.1) is 0 Å². The van der Waals surface area contributed by atoms with E-state index < -0.39 is 18.1 Å².